The summed E-state index contributed by atoms with van der Waals surface area (Å²) in [5.41, 5.74) is 1.05. The molecule has 0 spiro atoms. The van der Waals surface area contributed by atoms with Crippen molar-refractivity contribution in [2.24, 2.45) is 0 Å². The first kappa shape index (κ1) is 20.6. The van der Waals surface area contributed by atoms with Gasteiger partial charge in [-0.3, -0.25) is 9.69 Å². The van der Waals surface area contributed by atoms with Crippen molar-refractivity contribution in [2.75, 3.05) is 26.2 Å². The Kier molecular flexibility index (Phi) is 6.91. The summed E-state index contributed by atoms with van der Waals surface area (Å²) in [6.45, 7) is 2.34. The van der Waals surface area contributed by atoms with Crippen molar-refractivity contribution in [1.82, 2.24) is 4.90 Å². The zero-order valence-corrected chi connectivity index (χ0v) is 16.4. The lowest BCUT2D eigenvalue weighted by Crippen LogP contribution is -2.39. The summed E-state index contributed by atoms with van der Waals surface area (Å²) in [5.74, 6) is -1.08. The third kappa shape index (κ3) is 5.23. The molecule has 0 aliphatic carbocycles. The zero-order chi connectivity index (χ0) is 20.1. The zero-order valence-electron chi connectivity index (χ0n) is 14.9. The molecule has 1 fully saturated rings. The number of aliphatic carboxylic acids is 1. The van der Waals surface area contributed by atoms with E-state index in [9.17, 15) is 9.59 Å². The molecule has 0 radical (unpaired) electrons. The van der Waals surface area contributed by atoms with Crippen LogP contribution in [0, 0.1) is 0 Å². The van der Waals surface area contributed by atoms with Gasteiger partial charge in [0.1, 0.15) is 5.75 Å². The number of ether oxygens (including phenoxy) is 2. The number of carboxylic acid groups (broad SMARTS) is 1. The number of carbonyl (C=O) groups excluding carboxylic acids is 1. The molecular weight excluding hydrogens is 405 g/mol. The lowest BCUT2D eigenvalue weighted by Gasteiger charge is -2.32. The molecule has 1 N–H and O–H groups in total. The number of esters is 1. The number of carboxylic acids is 1. The van der Waals surface area contributed by atoms with Gasteiger partial charge >= 0.3 is 11.9 Å². The van der Waals surface area contributed by atoms with Gasteiger partial charge in [0, 0.05) is 19.6 Å². The molecule has 0 bridgehead atoms. The molecule has 2 aromatic carbocycles. The molecule has 0 aromatic heterocycles. The van der Waals surface area contributed by atoms with Crippen LogP contribution in [0.25, 0.3) is 0 Å². The number of nitrogens with zero attached hydrogens (tertiary/aromatic N) is 1. The van der Waals surface area contributed by atoms with E-state index in [0.717, 1.165) is 5.56 Å². The molecule has 1 aliphatic heterocycles. The van der Waals surface area contributed by atoms with Crippen molar-refractivity contribution in [3.8, 4) is 5.75 Å². The Morgan fingerprint density at radius 2 is 1.82 bits per heavy atom. The average molecular weight is 424 g/mol. The number of rotatable bonds is 6. The van der Waals surface area contributed by atoms with Crippen LogP contribution in [-0.2, 0) is 9.53 Å². The third-order valence-electron chi connectivity index (χ3n) is 4.42. The van der Waals surface area contributed by atoms with Crippen molar-refractivity contribution in [2.45, 2.75) is 12.5 Å². The lowest BCUT2D eigenvalue weighted by molar-refractivity contribution is -0.137. The van der Waals surface area contributed by atoms with Crippen LogP contribution in [0.5, 0.6) is 5.75 Å². The number of halogens is 2. The van der Waals surface area contributed by atoms with Crippen molar-refractivity contribution >= 4 is 35.1 Å². The van der Waals surface area contributed by atoms with E-state index < -0.39 is 11.9 Å². The third-order valence-corrected chi connectivity index (χ3v) is 5.05. The molecule has 0 unspecified atom stereocenters. The van der Waals surface area contributed by atoms with E-state index in [1.807, 2.05) is 12.1 Å². The monoisotopic (exact) mass is 423 g/mol. The van der Waals surface area contributed by atoms with Crippen molar-refractivity contribution < 1.29 is 24.2 Å². The largest absolute Gasteiger partial charge is 0.481 e. The van der Waals surface area contributed by atoms with E-state index in [4.69, 9.17) is 37.8 Å². The van der Waals surface area contributed by atoms with Crippen LogP contribution < -0.4 is 4.74 Å². The van der Waals surface area contributed by atoms with Gasteiger partial charge in [0.2, 0.25) is 0 Å². The van der Waals surface area contributed by atoms with Gasteiger partial charge in [-0.1, -0.05) is 41.4 Å². The van der Waals surface area contributed by atoms with E-state index in [0.29, 0.717) is 32.0 Å². The standard InChI is InChI=1S/C20H19Cl2NO5/c21-15-2-1-3-16(22)19(15)20(26)28-14-6-4-13(5-7-14)17-12-23(10-11-27-17)9-8-18(24)25/h1-7,17H,8-12H2,(H,24,25)/t17-/m1/s1. The van der Waals surface area contributed by atoms with Gasteiger partial charge in [0.25, 0.3) is 0 Å². The highest BCUT2D eigenvalue weighted by molar-refractivity contribution is 6.39. The Labute approximate surface area is 172 Å². The SMILES string of the molecule is O=C(O)CCN1CCO[C@@H](c2ccc(OC(=O)c3c(Cl)cccc3Cl)cc2)C1. The van der Waals surface area contributed by atoms with Gasteiger partial charge in [-0.2, -0.15) is 0 Å². The summed E-state index contributed by atoms with van der Waals surface area (Å²) in [7, 11) is 0. The minimum absolute atomic E-state index is 0.103. The summed E-state index contributed by atoms with van der Waals surface area (Å²) >= 11 is 12.1. The smallest absolute Gasteiger partial charge is 0.346 e. The van der Waals surface area contributed by atoms with Gasteiger partial charge in [-0.05, 0) is 29.8 Å². The molecule has 1 heterocycles. The fourth-order valence-corrected chi connectivity index (χ4v) is 3.51. The summed E-state index contributed by atoms with van der Waals surface area (Å²) in [4.78, 5) is 25.2. The number of morpholine rings is 1. The second-order valence-corrected chi connectivity index (χ2v) is 7.17. The van der Waals surface area contributed by atoms with Crippen LogP contribution in [0.2, 0.25) is 10.0 Å². The number of carbonyl (C=O) groups is 2. The molecule has 8 heteroatoms. The van der Waals surface area contributed by atoms with Crippen LogP contribution in [0.15, 0.2) is 42.5 Å². The Morgan fingerprint density at radius 1 is 1.14 bits per heavy atom. The number of hydrogen-bond donors (Lipinski definition) is 1. The van der Waals surface area contributed by atoms with Crippen molar-refractivity contribution in [3.63, 3.8) is 0 Å². The quantitative estimate of drug-likeness (QED) is 0.557. The van der Waals surface area contributed by atoms with E-state index in [1.54, 1.807) is 30.3 Å². The highest BCUT2D eigenvalue weighted by atomic mass is 35.5. The van der Waals surface area contributed by atoms with Crippen molar-refractivity contribution in [3.05, 3.63) is 63.6 Å². The normalized spacial score (nSPS) is 17.3. The van der Waals surface area contributed by atoms with E-state index in [2.05, 4.69) is 4.90 Å². The van der Waals surface area contributed by atoms with Crippen LogP contribution >= 0.6 is 23.2 Å². The van der Waals surface area contributed by atoms with Crippen LogP contribution in [0.3, 0.4) is 0 Å². The van der Waals surface area contributed by atoms with E-state index in [-0.39, 0.29) is 28.1 Å². The Morgan fingerprint density at radius 3 is 2.46 bits per heavy atom. The molecule has 1 atom stereocenters. The highest BCUT2D eigenvalue weighted by Gasteiger charge is 2.23. The predicted molar refractivity (Wildman–Crippen MR) is 105 cm³/mol. The summed E-state index contributed by atoms with van der Waals surface area (Å²) in [5, 5.41) is 9.29. The van der Waals surface area contributed by atoms with Crippen LogP contribution in [-0.4, -0.2) is 48.2 Å². The molecule has 28 heavy (non-hydrogen) atoms. The summed E-state index contributed by atoms with van der Waals surface area (Å²) in [6.07, 6.45) is -0.0584. The van der Waals surface area contributed by atoms with Crippen molar-refractivity contribution in [1.29, 1.82) is 0 Å². The van der Waals surface area contributed by atoms with Gasteiger partial charge in [0.05, 0.1) is 34.7 Å². The van der Waals surface area contributed by atoms with Gasteiger partial charge in [-0.25, -0.2) is 4.79 Å². The molecular formula is C20H19Cl2NO5. The maximum Gasteiger partial charge on any atom is 0.346 e. The van der Waals surface area contributed by atoms with Crippen LogP contribution in [0.4, 0.5) is 0 Å². The minimum atomic E-state index is -0.812. The van der Waals surface area contributed by atoms with Gasteiger partial charge in [-0.15, -0.1) is 0 Å². The molecule has 6 nitrogen and oxygen atoms in total. The van der Waals surface area contributed by atoms with E-state index >= 15 is 0 Å². The first-order chi connectivity index (χ1) is 13.4. The van der Waals surface area contributed by atoms with Gasteiger partial charge in [0.15, 0.2) is 0 Å². The first-order valence-electron chi connectivity index (χ1n) is 8.76. The minimum Gasteiger partial charge on any atom is -0.481 e. The number of hydrogen-bond acceptors (Lipinski definition) is 5. The topological polar surface area (TPSA) is 76.1 Å². The maximum atomic E-state index is 12.3. The molecule has 0 saturated carbocycles. The Hall–Kier alpha value is -2.12. The van der Waals surface area contributed by atoms with Gasteiger partial charge < -0.3 is 14.6 Å². The summed E-state index contributed by atoms with van der Waals surface area (Å²) in [6, 6.07) is 11.8. The average Bonchev–Trinajstić information content (AvgIpc) is 2.67. The second-order valence-electron chi connectivity index (χ2n) is 6.36. The fourth-order valence-electron chi connectivity index (χ4n) is 2.96. The number of benzene rings is 2. The Bertz CT molecular complexity index is 836. The maximum absolute atomic E-state index is 12.3. The molecule has 1 saturated heterocycles. The fraction of sp³-hybridized carbons (Fsp3) is 0.300. The molecule has 3 rings (SSSR count). The molecule has 2 aromatic rings. The highest BCUT2D eigenvalue weighted by Crippen LogP contribution is 2.28. The van der Waals surface area contributed by atoms with Crippen LogP contribution in [0.1, 0.15) is 28.4 Å². The Balaban J connectivity index is 1.63. The molecule has 148 valence electrons. The summed E-state index contributed by atoms with van der Waals surface area (Å²) < 4.78 is 11.2. The second kappa shape index (κ2) is 9.39. The molecule has 0 amide bonds. The lowest BCUT2D eigenvalue weighted by atomic mass is 10.1. The first-order valence-corrected chi connectivity index (χ1v) is 9.51. The van der Waals surface area contributed by atoms with E-state index in [1.165, 1.54) is 0 Å². The predicted octanol–water partition coefficient (Wildman–Crippen LogP) is 4.06. The molecule has 1 aliphatic rings.